The minimum Gasteiger partial charge on any atom is -0.507 e. The third-order valence-electron chi connectivity index (χ3n) is 5.58. The van der Waals surface area contributed by atoms with Gasteiger partial charge in [0.2, 0.25) is 0 Å². The summed E-state index contributed by atoms with van der Waals surface area (Å²) in [4.78, 5) is 27.3. The molecule has 0 fully saturated rings. The molecule has 33 heavy (non-hydrogen) atoms. The van der Waals surface area contributed by atoms with Gasteiger partial charge in [0.1, 0.15) is 5.75 Å². The topological polar surface area (TPSA) is 143 Å². The van der Waals surface area contributed by atoms with Gasteiger partial charge in [-0.25, -0.2) is 0 Å². The Hall–Kier alpha value is -2.98. The highest BCUT2D eigenvalue weighted by Gasteiger charge is 2.37. The molecule has 0 aliphatic heterocycles. The number of nitrogens with one attached hydrogen (secondary N) is 4. The summed E-state index contributed by atoms with van der Waals surface area (Å²) in [5, 5.41) is 40.9. The number of ketones is 2. The number of hydrogen-bond donors (Lipinski definition) is 7. The molecule has 9 heteroatoms. The van der Waals surface area contributed by atoms with Crippen molar-refractivity contribution in [2.75, 3.05) is 63.1 Å². The van der Waals surface area contributed by atoms with Crippen LogP contribution in [0.2, 0.25) is 0 Å². The summed E-state index contributed by atoms with van der Waals surface area (Å²) in [6.45, 7) is 5.04. The Labute approximate surface area is 193 Å². The van der Waals surface area contributed by atoms with Crippen LogP contribution in [-0.4, -0.2) is 79.4 Å². The molecule has 0 bridgehead atoms. The van der Waals surface area contributed by atoms with E-state index in [1.54, 1.807) is 18.2 Å². The Morgan fingerprint density at radius 3 is 1.67 bits per heavy atom. The molecule has 2 aromatic carbocycles. The van der Waals surface area contributed by atoms with E-state index in [1.165, 1.54) is 6.07 Å². The van der Waals surface area contributed by atoms with Crippen LogP contribution in [0.5, 0.6) is 5.75 Å². The Bertz CT molecular complexity index is 1010. The number of fused-ring (bicyclic) bond motifs is 2. The molecular formula is C24H32N4O5. The smallest absolute Gasteiger partial charge is 0.200 e. The number of carbonyl (C=O) groups excluding carboxylic acids is 2. The van der Waals surface area contributed by atoms with Crippen molar-refractivity contribution in [1.29, 1.82) is 0 Å². The van der Waals surface area contributed by atoms with Gasteiger partial charge in [-0.15, -0.1) is 0 Å². The van der Waals surface area contributed by atoms with E-state index in [9.17, 15) is 14.7 Å². The molecule has 0 unspecified atom stereocenters. The zero-order valence-corrected chi connectivity index (χ0v) is 18.8. The SMILES string of the molecule is CCc1ccc(O)c2c1C(=O)c1c(NCCNCCO)ccc(NCCNCCO)c1C2=O. The van der Waals surface area contributed by atoms with Crippen LogP contribution in [0, 0.1) is 0 Å². The fourth-order valence-electron chi connectivity index (χ4n) is 4.02. The second-order valence-electron chi connectivity index (χ2n) is 7.72. The van der Waals surface area contributed by atoms with E-state index in [0.717, 1.165) is 0 Å². The number of phenols is 1. The number of rotatable bonds is 13. The summed E-state index contributed by atoms with van der Waals surface area (Å²) in [5.74, 6) is -0.881. The zero-order chi connectivity index (χ0) is 23.8. The minimum atomic E-state index is -0.389. The van der Waals surface area contributed by atoms with Gasteiger partial charge >= 0.3 is 0 Å². The largest absolute Gasteiger partial charge is 0.507 e. The Morgan fingerprint density at radius 2 is 1.18 bits per heavy atom. The van der Waals surface area contributed by atoms with Crippen molar-refractivity contribution >= 4 is 22.9 Å². The quantitative estimate of drug-likeness (QED) is 0.185. The Kier molecular flexibility index (Phi) is 8.79. The lowest BCUT2D eigenvalue weighted by Crippen LogP contribution is -2.29. The summed E-state index contributed by atoms with van der Waals surface area (Å²) < 4.78 is 0. The van der Waals surface area contributed by atoms with Crippen LogP contribution in [0.4, 0.5) is 11.4 Å². The number of aromatic hydroxyl groups is 1. The van der Waals surface area contributed by atoms with Gasteiger partial charge < -0.3 is 36.6 Å². The van der Waals surface area contributed by atoms with Crippen molar-refractivity contribution in [2.45, 2.75) is 13.3 Å². The molecule has 0 aromatic heterocycles. The lowest BCUT2D eigenvalue weighted by Gasteiger charge is -2.26. The lowest BCUT2D eigenvalue weighted by molar-refractivity contribution is 0.0977. The Balaban J connectivity index is 2.00. The van der Waals surface area contributed by atoms with Crippen molar-refractivity contribution in [1.82, 2.24) is 10.6 Å². The highest BCUT2D eigenvalue weighted by Crippen LogP contribution is 2.40. The summed E-state index contributed by atoms with van der Waals surface area (Å²) in [5.41, 5.74) is 2.64. The molecule has 0 saturated heterocycles. The first kappa shape index (κ1) is 24.7. The van der Waals surface area contributed by atoms with E-state index < -0.39 is 0 Å². The molecule has 2 aromatic rings. The average molecular weight is 457 g/mol. The van der Waals surface area contributed by atoms with Gasteiger partial charge in [0, 0.05) is 56.2 Å². The highest BCUT2D eigenvalue weighted by molar-refractivity contribution is 6.33. The maximum atomic E-state index is 13.7. The Morgan fingerprint density at radius 1 is 0.667 bits per heavy atom. The van der Waals surface area contributed by atoms with Crippen LogP contribution < -0.4 is 21.3 Å². The predicted octanol–water partition coefficient (Wildman–Crippen LogP) is 0.718. The zero-order valence-electron chi connectivity index (χ0n) is 18.8. The number of aliphatic hydroxyl groups excluding tert-OH is 2. The van der Waals surface area contributed by atoms with Crippen LogP contribution in [0.15, 0.2) is 24.3 Å². The number of phenolic OH excluding ortho intramolecular Hbond substituents is 1. The molecule has 0 atom stereocenters. The van der Waals surface area contributed by atoms with Crippen molar-refractivity contribution in [3.05, 3.63) is 52.1 Å². The van der Waals surface area contributed by atoms with E-state index in [4.69, 9.17) is 10.2 Å². The summed E-state index contributed by atoms with van der Waals surface area (Å²) >= 11 is 0. The molecule has 178 valence electrons. The van der Waals surface area contributed by atoms with Crippen LogP contribution in [0.3, 0.4) is 0 Å². The molecule has 1 aliphatic rings. The molecule has 1 aliphatic carbocycles. The summed E-state index contributed by atoms with van der Waals surface area (Å²) in [6, 6.07) is 6.68. The van der Waals surface area contributed by atoms with Crippen molar-refractivity contribution < 1.29 is 24.9 Å². The molecule has 9 nitrogen and oxygen atoms in total. The number of hydrogen-bond acceptors (Lipinski definition) is 9. The number of benzene rings is 2. The van der Waals surface area contributed by atoms with Crippen molar-refractivity contribution in [3.8, 4) is 5.75 Å². The second-order valence-corrected chi connectivity index (χ2v) is 7.72. The predicted molar refractivity (Wildman–Crippen MR) is 128 cm³/mol. The first-order valence-electron chi connectivity index (χ1n) is 11.3. The fourth-order valence-corrected chi connectivity index (χ4v) is 4.02. The number of anilines is 2. The van der Waals surface area contributed by atoms with Gasteiger partial charge in [-0.2, -0.15) is 0 Å². The standard InChI is InChI=1S/C24H32N4O5/c1-2-15-3-6-18(31)22-19(15)23(32)20-16(27-9-7-25-11-13-29)4-5-17(21(20)24(22)33)28-10-8-26-12-14-30/h3-6,25-31H,2,7-14H2,1H3. The highest BCUT2D eigenvalue weighted by atomic mass is 16.3. The third kappa shape index (κ3) is 5.33. The van der Waals surface area contributed by atoms with Crippen LogP contribution >= 0.6 is 0 Å². The molecule has 0 spiro atoms. The van der Waals surface area contributed by atoms with Crippen LogP contribution in [0.25, 0.3) is 0 Å². The third-order valence-corrected chi connectivity index (χ3v) is 5.58. The average Bonchev–Trinajstić information content (AvgIpc) is 2.82. The van der Waals surface area contributed by atoms with E-state index in [2.05, 4.69) is 21.3 Å². The summed E-state index contributed by atoms with van der Waals surface area (Å²) in [6.07, 6.45) is 0.555. The number of aliphatic hydroxyl groups is 2. The van der Waals surface area contributed by atoms with E-state index in [1.807, 2.05) is 6.92 Å². The number of aryl methyl sites for hydroxylation is 1. The first-order valence-corrected chi connectivity index (χ1v) is 11.3. The first-order chi connectivity index (χ1) is 16.0. The molecule has 0 saturated carbocycles. The molecule has 7 N–H and O–H groups in total. The molecular weight excluding hydrogens is 424 g/mol. The van der Waals surface area contributed by atoms with Crippen LogP contribution in [0.1, 0.15) is 44.3 Å². The lowest BCUT2D eigenvalue weighted by atomic mass is 9.79. The maximum absolute atomic E-state index is 13.7. The molecule has 0 heterocycles. The van der Waals surface area contributed by atoms with E-state index >= 15 is 0 Å². The maximum Gasteiger partial charge on any atom is 0.200 e. The summed E-state index contributed by atoms with van der Waals surface area (Å²) in [7, 11) is 0. The fraction of sp³-hybridized carbons (Fsp3) is 0.417. The molecule has 0 radical (unpaired) electrons. The monoisotopic (exact) mass is 456 g/mol. The molecule has 0 amide bonds. The van der Waals surface area contributed by atoms with Gasteiger partial charge in [-0.1, -0.05) is 13.0 Å². The van der Waals surface area contributed by atoms with Gasteiger partial charge in [0.15, 0.2) is 11.6 Å². The molecule has 3 rings (SSSR count). The van der Waals surface area contributed by atoms with Gasteiger partial charge in [-0.3, -0.25) is 9.59 Å². The van der Waals surface area contributed by atoms with Gasteiger partial charge in [0.05, 0.1) is 29.9 Å². The van der Waals surface area contributed by atoms with Gasteiger partial charge in [0.25, 0.3) is 0 Å². The number of carbonyl (C=O) groups is 2. The van der Waals surface area contributed by atoms with Crippen molar-refractivity contribution in [3.63, 3.8) is 0 Å². The van der Waals surface area contributed by atoms with E-state index in [0.29, 0.717) is 68.2 Å². The van der Waals surface area contributed by atoms with Gasteiger partial charge in [-0.05, 0) is 30.2 Å². The van der Waals surface area contributed by atoms with Crippen molar-refractivity contribution in [2.24, 2.45) is 0 Å². The van der Waals surface area contributed by atoms with E-state index in [-0.39, 0.29) is 47.2 Å². The second kappa shape index (κ2) is 11.8. The normalized spacial score (nSPS) is 12.5. The minimum absolute atomic E-state index is 0.0335. The van der Waals surface area contributed by atoms with Crippen LogP contribution in [-0.2, 0) is 6.42 Å².